The van der Waals surface area contributed by atoms with Crippen molar-refractivity contribution in [3.63, 3.8) is 0 Å². The van der Waals surface area contributed by atoms with E-state index >= 15 is 0 Å². The minimum atomic E-state index is 0.608. The molecule has 0 fully saturated rings. The Labute approximate surface area is 105 Å². The number of carbonyl (C=O) groups excluding carboxylic acids is 1. The molecule has 1 aromatic heterocycles. The molecule has 0 radical (unpaired) electrons. The Morgan fingerprint density at radius 1 is 1.18 bits per heavy atom. The van der Waals surface area contributed by atoms with E-state index in [4.69, 9.17) is 11.6 Å². The lowest BCUT2D eigenvalue weighted by Gasteiger charge is -2.04. The fourth-order valence-electron chi connectivity index (χ4n) is 1.65. The highest BCUT2D eigenvalue weighted by Crippen LogP contribution is 2.18. The topological polar surface area (TPSA) is 30.0 Å². The van der Waals surface area contributed by atoms with Gasteiger partial charge in [0.15, 0.2) is 0 Å². The van der Waals surface area contributed by atoms with E-state index in [2.05, 4.69) is 4.98 Å². The standard InChI is InChI=1S/C14H12ClNO/c15-14-9-11(10-17)4-5-12(14)6-7-13-3-1-2-8-16-13/h1-5,8-10H,6-7H2. The van der Waals surface area contributed by atoms with Gasteiger partial charge in [0, 0.05) is 22.5 Å². The van der Waals surface area contributed by atoms with Gasteiger partial charge in [-0.05, 0) is 36.6 Å². The van der Waals surface area contributed by atoms with Crippen molar-refractivity contribution in [3.05, 3.63) is 64.4 Å². The summed E-state index contributed by atoms with van der Waals surface area (Å²) in [5.74, 6) is 0. The molecule has 0 atom stereocenters. The van der Waals surface area contributed by atoms with Gasteiger partial charge >= 0.3 is 0 Å². The number of hydrogen-bond donors (Lipinski definition) is 0. The first-order valence-electron chi connectivity index (χ1n) is 5.43. The average molecular weight is 246 g/mol. The minimum Gasteiger partial charge on any atom is -0.298 e. The summed E-state index contributed by atoms with van der Waals surface area (Å²) < 4.78 is 0. The molecule has 0 bridgehead atoms. The lowest BCUT2D eigenvalue weighted by molar-refractivity contribution is 0.112. The fourth-order valence-corrected chi connectivity index (χ4v) is 1.93. The van der Waals surface area contributed by atoms with E-state index in [1.54, 1.807) is 18.3 Å². The van der Waals surface area contributed by atoms with Gasteiger partial charge < -0.3 is 0 Å². The largest absolute Gasteiger partial charge is 0.298 e. The molecule has 0 amide bonds. The molecule has 0 saturated carbocycles. The Morgan fingerprint density at radius 2 is 2.06 bits per heavy atom. The zero-order valence-corrected chi connectivity index (χ0v) is 10.0. The summed E-state index contributed by atoms with van der Waals surface area (Å²) in [5.41, 5.74) is 2.70. The van der Waals surface area contributed by atoms with E-state index in [1.165, 1.54) is 0 Å². The first kappa shape index (κ1) is 11.8. The highest BCUT2D eigenvalue weighted by molar-refractivity contribution is 6.31. The Kier molecular flexibility index (Phi) is 3.89. The maximum absolute atomic E-state index is 10.6. The molecule has 0 aliphatic carbocycles. The van der Waals surface area contributed by atoms with Crippen LogP contribution in [0.1, 0.15) is 21.6 Å². The van der Waals surface area contributed by atoms with Gasteiger partial charge in [-0.25, -0.2) is 0 Å². The second kappa shape index (κ2) is 5.60. The molecule has 0 unspecified atom stereocenters. The molecule has 2 nitrogen and oxygen atoms in total. The molecule has 0 saturated heterocycles. The summed E-state index contributed by atoms with van der Waals surface area (Å²) in [6, 6.07) is 11.2. The van der Waals surface area contributed by atoms with Gasteiger partial charge in [-0.3, -0.25) is 9.78 Å². The summed E-state index contributed by atoms with van der Waals surface area (Å²) in [4.78, 5) is 14.8. The first-order valence-corrected chi connectivity index (χ1v) is 5.81. The lowest BCUT2D eigenvalue weighted by atomic mass is 10.1. The number of aldehydes is 1. The van der Waals surface area contributed by atoms with Crippen LogP contribution < -0.4 is 0 Å². The van der Waals surface area contributed by atoms with Crippen LogP contribution in [0.15, 0.2) is 42.6 Å². The number of rotatable bonds is 4. The minimum absolute atomic E-state index is 0.608. The van der Waals surface area contributed by atoms with Crippen molar-refractivity contribution in [2.45, 2.75) is 12.8 Å². The predicted octanol–water partition coefficient (Wildman–Crippen LogP) is 3.33. The Balaban J connectivity index is 2.07. The van der Waals surface area contributed by atoms with E-state index in [1.807, 2.05) is 24.3 Å². The smallest absolute Gasteiger partial charge is 0.150 e. The summed E-state index contributed by atoms with van der Waals surface area (Å²) in [6.07, 6.45) is 4.26. The number of aryl methyl sites for hydroxylation is 2. The number of nitrogens with zero attached hydrogens (tertiary/aromatic N) is 1. The molecule has 17 heavy (non-hydrogen) atoms. The van der Waals surface area contributed by atoms with Gasteiger partial charge in [0.2, 0.25) is 0 Å². The number of hydrogen-bond acceptors (Lipinski definition) is 2. The maximum Gasteiger partial charge on any atom is 0.150 e. The van der Waals surface area contributed by atoms with E-state index < -0.39 is 0 Å². The van der Waals surface area contributed by atoms with Crippen molar-refractivity contribution in [3.8, 4) is 0 Å². The lowest BCUT2D eigenvalue weighted by Crippen LogP contribution is -1.95. The van der Waals surface area contributed by atoms with Crippen molar-refractivity contribution in [1.82, 2.24) is 4.98 Å². The number of aromatic nitrogens is 1. The molecule has 2 rings (SSSR count). The molecule has 3 heteroatoms. The fraction of sp³-hybridized carbons (Fsp3) is 0.143. The van der Waals surface area contributed by atoms with E-state index in [0.29, 0.717) is 10.6 Å². The zero-order valence-electron chi connectivity index (χ0n) is 9.27. The molecule has 2 aromatic rings. The van der Waals surface area contributed by atoms with Crippen molar-refractivity contribution < 1.29 is 4.79 Å². The van der Waals surface area contributed by atoms with Crippen LogP contribution in [0.25, 0.3) is 0 Å². The molecule has 0 aliphatic heterocycles. The highest BCUT2D eigenvalue weighted by Gasteiger charge is 2.02. The third kappa shape index (κ3) is 3.14. The van der Waals surface area contributed by atoms with Crippen LogP contribution in [0.3, 0.4) is 0 Å². The van der Waals surface area contributed by atoms with E-state index in [9.17, 15) is 4.79 Å². The van der Waals surface area contributed by atoms with Crippen LogP contribution in [0.5, 0.6) is 0 Å². The zero-order chi connectivity index (χ0) is 12.1. The molecule has 1 heterocycles. The molecular weight excluding hydrogens is 234 g/mol. The summed E-state index contributed by atoms with van der Waals surface area (Å²) in [5, 5.41) is 0.644. The summed E-state index contributed by atoms with van der Waals surface area (Å²) in [6.45, 7) is 0. The quantitative estimate of drug-likeness (QED) is 0.774. The molecule has 0 aliphatic rings. The molecular formula is C14H12ClNO. The molecule has 0 N–H and O–H groups in total. The van der Waals surface area contributed by atoms with Crippen molar-refractivity contribution >= 4 is 17.9 Å². The van der Waals surface area contributed by atoms with Gasteiger partial charge in [-0.1, -0.05) is 29.8 Å². The molecule has 0 spiro atoms. The van der Waals surface area contributed by atoms with Gasteiger partial charge in [0.05, 0.1) is 0 Å². The number of halogens is 1. The van der Waals surface area contributed by atoms with Crippen molar-refractivity contribution in [1.29, 1.82) is 0 Å². The van der Waals surface area contributed by atoms with Gasteiger partial charge in [0.25, 0.3) is 0 Å². The Bertz CT molecular complexity index is 511. The summed E-state index contributed by atoms with van der Waals surface area (Å²) in [7, 11) is 0. The molecule has 1 aromatic carbocycles. The van der Waals surface area contributed by atoms with E-state index in [-0.39, 0.29) is 0 Å². The number of carbonyl (C=O) groups is 1. The van der Waals surface area contributed by atoms with Crippen LogP contribution in [0, 0.1) is 0 Å². The number of benzene rings is 1. The average Bonchev–Trinajstić information content (AvgIpc) is 2.38. The SMILES string of the molecule is O=Cc1ccc(CCc2ccccn2)c(Cl)c1. The summed E-state index contributed by atoms with van der Waals surface area (Å²) >= 11 is 6.10. The van der Waals surface area contributed by atoms with Gasteiger partial charge in [0.1, 0.15) is 6.29 Å². The normalized spacial score (nSPS) is 10.2. The molecule has 86 valence electrons. The van der Waals surface area contributed by atoms with Gasteiger partial charge in [-0.15, -0.1) is 0 Å². The maximum atomic E-state index is 10.6. The van der Waals surface area contributed by atoms with Crippen LogP contribution in [-0.2, 0) is 12.8 Å². The highest BCUT2D eigenvalue weighted by atomic mass is 35.5. The van der Waals surface area contributed by atoms with Gasteiger partial charge in [-0.2, -0.15) is 0 Å². The first-order chi connectivity index (χ1) is 8.29. The predicted molar refractivity (Wildman–Crippen MR) is 68.5 cm³/mol. The Hall–Kier alpha value is -1.67. The third-order valence-corrected chi connectivity index (χ3v) is 2.94. The monoisotopic (exact) mass is 245 g/mol. The van der Waals surface area contributed by atoms with Crippen molar-refractivity contribution in [2.75, 3.05) is 0 Å². The second-order valence-corrected chi connectivity index (χ2v) is 4.20. The Morgan fingerprint density at radius 3 is 2.71 bits per heavy atom. The second-order valence-electron chi connectivity index (χ2n) is 3.79. The van der Waals surface area contributed by atoms with Crippen LogP contribution in [-0.4, -0.2) is 11.3 Å². The van der Waals surface area contributed by atoms with Crippen LogP contribution in [0.2, 0.25) is 5.02 Å². The number of pyridine rings is 1. The van der Waals surface area contributed by atoms with E-state index in [0.717, 1.165) is 30.4 Å². The van der Waals surface area contributed by atoms with Crippen molar-refractivity contribution in [2.24, 2.45) is 0 Å². The van der Waals surface area contributed by atoms with Crippen LogP contribution in [0.4, 0.5) is 0 Å². The third-order valence-electron chi connectivity index (χ3n) is 2.59. The van der Waals surface area contributed by atoms with Crippen LogP contribution >= 0.6 is 11.6 Å².